The number of benzene rings is 1. The van der Waals surface area contributed by atoms with Crippen LogP contribution in [0, 0.1) is 38.5 Å². The van der Waals surface area contributed by atoms with Gasteiger partial charge < -0.3 is 9.47 Å². The molecule has 0 radical (unpaired) electrons. The number of hydrogen-bond donors (Lipinski definition) is 0. The van der Waals surface area contributed by atoms with Crippen molar-refractivity contribution in [2.75, 3.05) is 6.61 Å². The molecule has 3 unspecified atom stereocenters. The summed E-state index contributed by atoms with van der Waals surface area (Å²) in [5.74, 6) is 4.69. The molecule has 34 heavy (non-hydrogen) atoms. The highest BCUT2D eigenvalue weighted by molar-refractivity contribution is 5.59. The lowest BCUT2D eigenvalue weighted by atomic mass is 9.83. The van der Waals surface area contributed by atoms with Crippen molar-refractivity contribution in [3.63, 3.8) is 0 Å². The first-order valence-electron chi connectivity index (χ1n) is 14.1. The van der Waals surface area contributed by atoms with Crippen molar-refractivity contribution in [1.29, 1.82) is 0 Å². The van der Waals surface area contributed by atoms with Crippen molar-refractivity contribution in [3.8, 4) is 11.5 Å². The molecule has 0 spiro atoms. The third-order valence-electron chi connectivity index (χ3n) is 8.18. The Morgan fingerprint density at radius 2 is 1.47 bits per heavy atom. The Kier molecular flexibility index (Phi) is 11.5. The minimum absolute atomic E-state index is 0.0508. The van der Waals surface area contributed by atoms with Gasteiger partial charge in [0.25, 0.3) is 0 Å². The summed E-state index contributed by atoms with van der Waals surface area (Å²) in [6.07, 6.45) is 16.1. The largest absolute Gasteiger partial charge is 0.489 e. The standard InChI is InChI=1S/C32H54O2/c1-10-22-33-30-26(6)27(7)31-29(28(30)8)19-21-32(9,34-31)20-13-18-25(5)17-12-16-24(4)15-11-14-23(2)3/h10,23-25H,1,11-22H2,2-9H3. The van der Waals surface area contributed by atoms with Gasteiger partial charge in [0.05, 0.1) is 0 Å². The molecule has 0 bridgehead atoms. The molecule has 3 atom stereocenters. The molecule has 0 fully saturated rings. The Balaban J connectivity index is 1.81. The molecule has 1 aliphatic rings. The van der Waals surface area contributed by atoms with E-state index in [4.69, 9.17) is 9.47 Å². The van der Waals surface area contributed by atoms with E-state index in [9.17, 15) is 0 Å². The monoisotopic (exact) mass is 470 g/mol. The summed E-state index contributed by atoms with van der Waals surface area (Å²) in [7, 11) is 0. The fraction of sp³-hybridized carbons (Fsp3) is 0.750. The van der Waals surface area contributed by atoms with Gasteiger partial charge in [-0.25, -0.2) is 0 Å². The third-order valence-corrected chi connectivity index (χ3v) is 8.18. The van der Waals surface area contributed by atoms with E-state index < -0.39 is 0 Å². The zero-order valence-corrected chi connectivity index (χ0v) is 23.8. The maximum Gasteiger partial charge on any atom is 0.127 e. The number of rotatable bonds is 15. The molecule has 0 amide bonds. The molecule has 2 rings (SSSR count). The summed E-state index contributed by atoms with van der Waals surface area (Å²) < 4.78 is 12.8. The fourth-order valence-corrected chi connectivity index (χ4v) is 5.62. The fourth-order valence-electron chi connectivity index (χ4n) is 5.62. The number of hydrogen-bond acceptors (Lipinski definition) is 2. The van der Waals surface area contributed by atoms with Crippen LogP contribution in [0.1, 0.15) is 121 Å². The van der Waals surface area contributed by atoms with E-state index >= 15 is 0 Å². The highest BCUT2D eigenvalue weighted by Gasteiger charge is 2.34. The molecule has 0 N–H and O–H groups in total. The van der Waals surface area contributed by atoms with Crippen molar-refractivity contribution in [2.45, 2.75) is 132 Å². The second-order valence-electron chi connectivity index (χ2n) is 12.0. The summed E-state index contributed by atoms with van der Waals surface area (Å²) in [5, 5.41) is 0. The predicted molar refractivity (Wildman–Crippen MR) is 148 cm³/mol. The van der Waals surface area contributed by atoms with Crippen LogP contribution in [0.2, 0.25) is 0 Å². The summed E-state index contributed by atoms with van der Waals surface area (Å²) in [6.45, 7) is 22.8. The molecular weight excluding hydrogens is 416 g/mol. The van der Waals surface area contributed by atoms with Crippen molar-refractivity contribution in [3.05, 3.63) is 34.9 Å². The van der Waals surface area contributed by atoms with Crippen LogP contribution in [-0.2, 0) is 6.42 Å². The molecule has 0 saturated carbocycles. The molecule has 1 aromatic carbocycles. The Morgan fingerprint density at radius 3 is 2.06 bits per heavy atom. The van der Waals surface area contributed by atoms with E-state index in [-0.39, 0.29) is 5.60 Å². The van der Waals surface area contributed by atoms with Crippen molar-refractivity contribution in [2.24, 2.45) is 17.8 Å². The number of ether oxygens (including phenoxy) is 2. The topological polar surface area (TPSA) is 18.5 Å². The normalized spacial score (nSPS) is 19.4. The second kappa shape index (κ2) is 13.6. The Hall–Kier alpha value is -1.44. The summed E-state index contributed by atoms with van der Waals surface area (Å²) in [6, 6.07) is 0. The van der Waals surface area contributed by atoms with Crippen LogP contribution in [-0.4, -0.2) is 12.2 Å². The van der Waals surface area contributed by atoms with Gasteiger partial charge in [-0.1, -0.05) is 85.3 Å². The Labute approximate surface area is 211 Å². The predicted octanol–water partition coefficient (Wildman–Crippen LogP) is 9.70. The molecule has 194 valence electrons. The average Bonchev–Trinajstić information content (AvgIpc) is 2.77. The maximum absolute atomic E-state index is 6.74. The van der Waals surface area contributed by atoms with E-state index in [2.05, 4.69) is 62.0 Å². The van der Waals surface area contributed by atoms with Gasteiger partial charge in [-0.2, -0.15) is 0 Å². The van der Waals surface area contributed by atoms with Crippen molar-refractivity contribution in [1.82, 2.24) is 0 Å². The lowest BCUT2D eigenvalue weighted by Gasteiger charge is -2.38. The van der Waals surface area contributed by atoms with Gasteiger partial charge in [-0.3, -0.25) is 0 Å². The van der Waals surface area contributed by atoms with Gasteiger partial charge in [0.2, 0.25) is 0 Å². The lowest BCUT2D eigenvalue weighted by molar-refractivity contribution is 0.0511. The summed E-state index contributed by atoms with van der Waals surface area (Å²) in [5.41, 5.74) is 4.98. The van der Waals surface area contributed by atoms with Crippen LogP contribution in [0.3, 0.4) is 0 Å². The molecule has 2 heteroatoms. The van der Waals surface area contributed by atoms with Crippen LogP contribution in [0.5, 0.6) is 11.5 Å². The van der Waals surface area contributed by atoms with Gasteiger partial charge in [-0.05, 0) is 87.8 Å². The van der Waals surface area contributed by atoms with Crippen molar-refractivity contribution < 1.29 is 9.47 Å². The minimum atomic E-state index is -0.0508. The Morgan fingerprint density at radius 1 is 0.882 bits per heavy atom. The lowest BCUT2D eigenvalue weighted by Crippen LogP contribution is -2.37. The van der Waals surface area contributed by atoms with Crippen LogP contribution in [0.25, 0.3) is 0 Å². The maximum atomic E-state index is 6.74. The first-order valence-corrected chi connectivity index (χ1v) is 14.1. The third kappa shape index (κ3) is 8.35. The SMILES string of the molecule is C=CCOc1c(C)c(C)c2c(c1C)CCC(C)(CCCC(C)CCCC(C)CCCC(C)C)O2. The molecule has 0 aromatic heterocycles. The first kappa shape index (κ1) is 28.8. The van der Waals surface area contributed by atoms with Crippen LogP contribution < -0.4 is 9.47 Å². The van der Waals surface area contributed by atoms with Crippen molar-refractivity contribution >= 4 is 0 Å². The first-order chi connectivity index (χ1) is 16.1. The van der Waals surface area contributed by atoms with Gasteiger partial charge in [-0.15, -0.1) is 0 Å². The highest BCUT2D eigenvalue weighted by Crippen LogP contribution is 2.45. The van der Waals surface area contributed by atoms with E-state index in [1.807, 2.05) is 6.08 Å². The van der Waals surface area contributed by atoms with Crippen LogP contribution >= 0.6 is 0 Å². The van der Waals surface area contributed by atoms with Crippen LogP contribution in [0.4, 0.5) is 0 Å². The number of fused-ring (bicyclic) bond motifs is 1. The average molecular weight is 471 g/mol. The molecule has 1 heterocycles. The molecular formula is C32H54O2. The summed E-state index contributed by atoms with van der Waals surface area (Å²) >= 11 is 0. The second-order valence-corrected chi connectivity index (χ2v) is 12.0. The smallest absolute Gasteiger partial charge is 0.127 e. The Bertz CT molecular complexity index is 778. The van der Waals surface area contributed by atoms with Gasteiger partial charge in [0, 0.05) is 5.56 Å². The molecule has 1 aliphatic heterocycles. The van der Waals surface area contributed by atoms with Gasteiger partial charge in [0.15, 0.2) is 0 Å². The minimum Gasteiger partial charge on any atom is -0.489 e. The zero-order valence-electron chi connectivity index (χ0n) is 23.8. The molecule has 0 aliphatic carbocycles. The van der Waals surface area contributed by atoms with Gasteiger partial charge in [0.1, 0.15) is 23.7 Å². The molecule has 2 nitrogen and oxygen atoms in total. The van der Waals surface area contributed by atoms with E-state index in [0.717, 1.165) is 48.5 Å². The van der Waals surface area contributed by atoms with E-state index in [1.165, 1.54) is 73.6 Å². The van der Waals surface area contributed by atoms with Gasteiger partial charge >= 0.3 is 0 Å². The van der Waals surface area contributed by atoms with E-state index in [1.54, 1.807) is 0 Å². The summed E-state index contributed by atoms with van der Waals surface area (Å²) in [4.78, 5) is 0. The zero-order chi connectivity index (χ0) is 25.3. The molecule has 1 aromatic rings. The highest BCUT2D eigenvalue weighted by atomic mass is 16.5. The quantitative estimate of drug-likeness (QED) is 0.237. The molecule has 0 saturated heterocycles. The van der Waals surface area contributed by atoms with E-state index in [0.29, 0.717) is 6.61 Å². The van der Waals surface area contributed by atoms with Crippen LogP contribution in [0.15, 0.2) is 12.7 Å².